The Labute approximate surface area is 167 Å². The van der Waals surface area contributed by atoms with Crippen molar-refractivity contribution in [3.63, 3.8) is 0 Å². The van der Waals surface area contributed by atoms with Crippen molar-refractivity contribution in [1.82, 2.24) is 5.32 Å². The van der Waals surface area contributed by atoms with Gasteiger partial charge in [0, 0.05) is 18.4 Å². The number of carbonyl (C=O) groups is 2. The first-order valence-corrected chi connectivity index (χ1v) is 10.0. The lowest BCUT2D eigenvalue weighted by molar-refractivity contribution is -0.150. The highest BCUT2D eigenvalue weighted by Gasteiger charge is 2.46. The third-order valence-electron chi connectivity index (χ3n) is 5.44. The number of ether oxygens (including phenoxy) is 1. The van der Waals surface area contributed by atoms with Crippen LogP contribution in [-0.4, -0.2) is 24.0 Å². The van der Waals surface area contributed by atoms with Crippen molar-refractivity contribution in [2.75, 3.05) is 6.61 Å². The Morgan fingerprint density at radius 2 is 1.71 bits per heavy atom. The number of rotatable bonds is 6. The molecule has 0 heterocycles. The maximum atomic E-state index is 13.2. The average Bonchev–Trinajstić information content (AvgIpc) is 3.02. The van der Waals surface area contributed by atoms with Gasteiger partial charge >= 0.3 is 5.97 Å². The number of nitrogens with one attached hydrogen (secondary N) is 1. The molecule has 148 valence electrons. The summed E-state index contributed by atoms with van der Waals surface area (Å²) in [5, 5.41) is 3.05. The lowest BCUT2D eigenvalue weighted by atomic mass is 9.92. The van der Waals surface area contributed by atoms with Gasteiger partial charge in [0.2, 0.25) is 0 Å². The summed E-state index contributed by atoms with van der Waals surface area (Å²) in [5.74, 6) is -0.0771. The molecular formula is C24H29NO3. The van der Waals surface area contributed by atoms with Crippen molar-refractivity contribution in [1.29, 1.82) is 0 Å². The van der Waals surface area contributed by atoms with Crippen LogP contribution >= 0.6 is 0 Å². The average molecular weight is 380 g/mol. The molecule has 1 aliphatic carbocycles. The number of hydrogen-bond acceptors (Lipinski definition) is 3. The predicted molar refractivity (Wildman–Crippen MR) is 110 cm³/mol. The number of esters is 1. The van der Waals surface area contributed by atoms with E-state index in [1.165, 1.54) is 5.56 Å². The molecule has 0 unspecified atom stereocenters. The van der Waals surface area contributed by atoms with E-state index in [2.05, 4.69) is 25.2 Å². The van der Waals surface area contributed by atoms with Crippen LogP contribution in [0, 0.1) is 12.8 Å². The minimum Gasteiger partial charge on any atom is -0.464 e. The molecule has 0 aliphatic heterocycles. The molecule has 2 aromatic carbocycles. The second kappa shape index (κ2) is 8.17. The van der Waals surface area contributed by atoms with Gasteiger partial charge in [-0.2, -0.15) is 0 Å². The van der Waals surface area contributed by atoms with Crippen LogP contribution in [0.3, 0.4) is 0 Å². The number of amides is 1. The summed E-state index contributed by atoms with van der Waals surface area (Å²) in [6.45, 7) is 8.38. The van der Waals surface area contributed by atoms with E-state index < -0.39 is 5.54 Å². The fourth-order valence-electron chi connectivity index (χ4n) is 4.04. The second-order valence-electron chi connectivity index (χ2n) is 8.07. The zero-order valence-corrected chi connectivity index (χ0v) is 17.2. The van der Waals surface area contributed by atoms with E-state index in [0.29, 0.717) is 24.3 Å². The highest BCUT2D eigenvalue weighted by Crippen LogP contribution is 2.32. The summed E-state index contributed by atoms with van der Waals surface area (Å²) in [5.41, 5.74) is 3.89. The highest BCUT2D eigenvalue weighted by molar-refractivity contribution is 6.00. The molecule has 0 aromatic heterocycles. The van der Waals surface area contributed by atoms with Crippen LogP contribution < -0.4 is 5.32 Å². The molecular weight excluding hydrogens is 350 g/mol. The first-order chi connectivity index (χ1) is 13.4. The van der Waals surface area contributed by atoms with Gasteiger partial charge in [-0.3, -0.25) is 4.79 Å². The van der Waals surface area contributed by atoms with E-state index in [9.17, 15) is 9.59 Å². The van der Waals surface area contributed by atoms with Crippen LogP contribution in [0.2, 0.25) is 0 Å². The molecule has 1 N–H and O–H groups in total. The molecule has 3 rings (SSSR count). The first kappa shape index (κ1) is 20.1. The molecule has 1 aliphatic rings. The van der Waals surface area contributed by atoms with Gasteiger partial charge in [0.25, 0.3) is 5.91 Å². The van der Waals surface area contributed by atoms with Crippen LogP contribution in [-0.2, 0) is 28.8 Å². The number of fused-ring (bicyclic) bond motifs is 1. The fraction of sp³-hybridized carbons (Fsp3) is 0.417. The molecule has 2 aromatic rings. The van der Waals surface area contributed by atoms with E-state index in [-0.39, 0.29) is 18.5 Å². The summed E-state index contributed by atoms with van der Waals surface area (Å²) in [4.78, 5) is 26.1. The van der Waals surface area contributed by atoms with Gasteiger partial charge in [0.05, 0.1) is 6.61 Å². The molecule has 0 spiro atoms. The van der Waals surface area contributed by atoms with Crippen LogP contribution in [0.5, 0.6) is 0 Å². The molecule has 28 heavy (non-hydrogen) atoms. The Hall–Kier alpha value is -2.62. The standard InChI is InChI=1S/C24H29NO3/c1-5-28-23(27)24(14-19-9-6-7-10-20(19)15-24)25-22(26)21-12-8-11-18(17(21)4)13-16(2)3/h6-12,16H,5,13-15H2,1-4H3,(H,25,26). The van der Waals surface area contributed by atoms with Gasteiger partial charge in [0.15, 0.2) is 0 Å². The van der Waals surface area contributed by atoms with Crippen LogP contribution in [0.1, 0.15) is 53.4 Å². The van der Waals surface area contributed by atoms with Crippen molar-refractivity contribution < 1.29 is 14.3 Å². The molecule has 0 saturated heterocycles. The van der Waals surface area contributed by atoms with Crippen molar-refractivity contribution in [2.24, 2.45) is 5.92 Å². The Balaban J connectivity index is 1.91. The third kappa shape index (κ3) is 3.96. The molecule has 0 atom stereocenters. The van der Waals surface area contributed by atoms with Gasteiger partial charge in [0.1, 0.15) is 5.54 Å². The maximum Gasteiger partial charge on any atom is 0.332 e. The largest absolute Gasteiger partial charge is 0.464 e. The molecule has 0 bridgehead atoms. The summed E-state index contributed by atoms with van der Waals surface area (Å²) in [7, 11) is 0. The molecule has 4 nitrogen and oxygen atoms in total. The van der Waals surface area contributed by atoms with Crippen LogP contribution in [0.15, 0.2) is 42.5 Å². The zero-order valence-electron chi connectivity index (χ0n) is 17.2. The van der Waals surface area contributed by atoms with Gasteiger partial charge in [-0.1, -0.05) is 50.2 Å². The Morgan fingerprint density at radius 3 is 2.29 bits per heavy atom. The van der Waals surface area contributed by atoms with Gasteiger partial charge < -0.3 is 10.1 Å². The summed E-state index contributed by atoms with van der Waals surface area (Å²) in [6.07, 6.45) is 1.83. The normalized spacial score (nSPS) is 14.6. The SMILES string of the molecule is CCOC(=O)C1(NC(=O)c2cccc(CC(C)C)c2C)Cc2ccccc2C1. The van der Waals surface area contributed by atoms with Crippen LogP contribution in [0.4, 0.5) is 0 Å². The number of hydrogen-bond donors (Lipinski definition) is 1. The minimum atomic E-state index is -1.04. The Kier molecular flexibility index (Phi) is 5.87. The molecule has 4 heteroatoms. The number of benzene rings is 2. The summed E-state index contributed by atoms with van der Waals surface area (Å²) in [6, 6.07) is 13.8. The van der Waals surface area contributed by atoms with Gasteiger partial charge in [-0.25, -0.2) is 4.79 Å². The quantitative estimate of drug-likeness (QED) is 0.771. The van der Waals surface area contributed by atoms with E-state index in [1.807, 2.05) is 43.3 Å². The molecule has 0 fully saturated rings. The van der Waals surface area contributed by atoms with Crippen molar-refractivity contribution >= 4 is 11.9 Å². The Morgan fingerprint density at radius 1 is 1.07 bits per heavy atom. The highest BCUT2D eigenvalue weighted by atomic mass is 16.5. The second-order valence-corrected chi connectivity index (χ2v) is 8.07. The van der Waals surface area contributed by atoms with E-state index in [4.69, 9.17) is 4.74 Å². The third-order valence-corrected chi connectivity index (χ3v) is 5.44. The van der Waals surface area contributed by atoms with Crippen molar-refractivity contribution in [2.45, 2.75) is 52.5 Å². The van der Waals surface area contributed by atoms with Crippen LogP contribution in [0.25, 0.3) is 0 Å². The van der Waals surface area contributed by atoms with E-state index in [0.717, 1.165) is 23.1 Å². The zero-order chi connectivity index (χ0) is 20.3. The van der Waals surface area contributed by atoms with E-state index >= 15 is 0 Å². The van der Waals surface area contributed by atoms with Crippen molar-refractivity contribution in [3.8, 4) is 0 Å². The monoisotopic (exact) mass is 379 g/mol. The lowest BCUT2D eigenvalue weighted by Gasteiger charge is -2.28. The van der Waals surface area contributed by atoms with Crippen molar-refractivity contribution in [3.05, 3.63) is 70.3 Å². The molecule has 0 radical (unpaired) electrons. The fourth-order valence-corrected chi connectivity index (χ4v) is 4.04. The maximum absolute atomic E-state index is 13.2. The Bertz CT molecular complexity index is 860. The summed E-state index contributed by atoms with van der Waals surface area (Å²) >= 11 is 0. The lowest BCUT2D eigenvalue weighted by Crippen LogP contribution is -2.56. The molecule has 1 amide bonds. The smallest absolute Gasteiger partial charge is 0.332 e. The first-order valence-electron chi connectivity index (χ1n) is 10.0. The van der Waals surface area contributed by atoms with Gasteiger partial charge in [-0.05, 0) is 54.5 Å². The summed E-state index contributed by atoms with van der Waals surface area (Å²) < 4.78 is 5.35. The minimum absolute atomic E-state index is 0.219. The van der Waals surface area contributed by atoms with Gasteiger partial charge in [-0.15, -0.1) is 0 Å². The van der Waals surface area contributed by atoms with E-state index in [1.54, 1.807) is 6.92 Å². The molecule has 0 saturated carbocycles. The predicted octanol–water partition coefficient (Wildman–Crippen LogP) is 4.02. The number of carbonyl (C=O) groups excluding carboxylic acids is 2. The topological polar surface area (TPSA) is 55.4 Å².